The average Bonchev–Trinajstić information content (AvgIpc) is 1.94. The Kier molecular flexibility index (Phi) is 2.92. The molecule has 0 saturated carbocycles. The van der Waals surface area contributed by atoms with E-state index in [1.807, 2.05) is 0 Å². The molecule has 0 aromatic carbocycles. The molecule has 10 heavy (non-hydrogen) atoms. The van der Waals surface area contributed by atoms with Crippen molar-refractivity contribution in [1.82, 2.24) is 5.32 Å². The fourth-order valence-electron chi connectivity index (χ4n) is 1.13. The van der Waals surface area contributed by atoms with Crippen molar-refractivity contribution in [2.45, 2.75) is 24.1 Å². The van der Waals surface area contributed by atoms with Gasteiger partial charge in [0, 0.05) is 26.1 Å². The zero-order valence-electron chi connectivity index (χ0n) is 6.01. The molecule has 3 atom stereocenters. The zero-order valence-corrected chi connectivity index (χ0v) is 6.77. The highest BCUT2D eigenvalue weighted by molar-refractivity contribution is 6.20. The second kappa shape index (κ2) is 3.53. The van der Waals surface area contributed by atoms with Gasteiger partial charge in [0.1, 0.15) is 0 Å². The van der Waals surface area contributed by atoms with Crippen molar-refractivity contribution >= 4 is 11.6 Å². The zero-order chi connectivity index (χ0) is 7.56. The summed E-state index contributed by atoms with van der Waals surface area (Å²) in [6.07, 6.45) is 0.905. The first-order chi connectivity index (χ1) is 4.74. The summed E-state index contributed by atoms with van der Waals surface area (Å²) in [6, 6.07) is 0.0833. The Labute approximate surface area is 65.9 Å². The molecule has 1 heterocycles. The molecule has 0 radical (unpaired) electrons. The van der Waals surface area contributed by atoms with E-state index in [0.717, 1.165) is 13.0 Å². The smallest absolute Gasteiger partial charge is 0.0851 e. The number of piperidine rings is 1. The van der Waals surface area contributed by atoms with E-state index < -0.39 is 0 Å². The number of nitrogens with two attached hydrogens (primary N) is 1. The molecule has 60 valence electrons. The topological polar surface area (TPSA) is 47.3 Å². The van der Waals surface area contributed by atoms with Crippen molar-refractivity contribution < 1.29 is 4.74 Å². The van der Waals surface area contributed by atoms with Gasteiger partial charge < -0.3 is 10.5 Å². The fraction of sp³-hybridized carbons (Fsp3) is 1.00. The maximum atomic E-state index is 5.81. The Morgan fingerprint density at radius 3 is 2.90 bits per heavy atom. The molecule has 3 nitrogen and oxygen atoms in total. The van der Waals surface area contributed by atoms with Crippen LogP contribution in [0.5, 0.6) is 0 Å². The molecule has 4 heteroatoms. The second-order valence-corrected chi connectivity index (χ2v) is 3.08. The quantitative estimate of drug-likeness (QED) is 0.420. The highest BCUT2D eigenvalue weighted by Gasteiger charge is 2.25. The lowest BCUT2D eigenvalue weighted by Crippen LogP contribution is -2.52. The lowest BCUT2D eigenvalue weighted by Gasteiger charge is -2.30. The van der Waals surface area contributed by atoms with E-state index in [-0.39, 0.29) is 17.6 Å². The van der Waals surface area contributed by atoms with Crippen LogP contribution in [0.3, 0.4) is 0 Å². The van der Waals surface area contributed by atoms with E-state index in [1.165, 1.54) is 0 Å². The van der Waals surface area contributed by atoms with Crippen LogP contribution in [-0.2, 0) is 4.74 Å². The van der Waals surface area contributed by atoms with Gasteiger partial charge in [0.25, 0.3) is 0 Å². The Hall–Kier alpha value is 0.170. The molecule has 1 fully saturated rings. The normalized spacial score (nSPS) is 41.7. The van der Waals surface area contributed by atoms with Crippen molar-refractivity contribution in [2.75, 3.05) is 13.7 Å². The van der Waals surface area contributed by atoms with Gasteiger partial charge >= 0.3 is 0 Å². The van der Waals surface area contributed by atoms with Gasteiger partial charge in [0.05, 0.1) is 11.6 Å². The van der Waals surface area contributed by atoms with E-state index >= 15 is 0 Å². The van der Waals surface area contributed by atoms with Crippen LogP contribution in [0.4, 0.5) is 0 Å². The van der Waals surface area contributed by atoms with Crippen LogP contribution in [0.15, 0.2) is 0 Å². The van der Waals surface area contributed by atoms with Gasteiger partial charge in [0.2, 0.25) is 0 Å². The van der Waals surface area contributed by atoms with Crippen molar-refractivity contribution in [3.8, 4) is 0 Å². The van der Waals surface area contributed by atoms with Crippen molar-refractivity contribution in [3.63, 3.8) is 0 Å². The summed E-state index contributed by atoms with van der Waals surface area (Å²) in [5, 5.41) is 3.06. The maximum absolute atomic E-state index is 5.81. The van der Waals surface area contributed by atoms with Crippen molar-refractivity contribution in [1.29, 1.82) is 0 Å². The number of alkyl halides is 1. The van der Waals surface area contributed by atoms with Crippen LogP contribution in [-0.4, -0.2) is 31.3 Å². The summed E-state index contributed by atoms with van der Waals surface area (Å²) >= 11 is 5.81. The highest BCUT2D eigenvalue weighted by Crippen LogP contribution is 2.12. The minimum absolute atomic E-state index is 0.0183. The lowest BCUT2D eigenvalue weighted by atomic mass is 10.1. The monoisotopic (exact) mass is 164 g/mol. The lowest BCUT2D eigenvalue weighted by molar-refractivity contribution is 0.0561. The van der Waals surface area contributed by atoms with E-state index in [1.54, 1.807) is 7.11 Å². The van der Waals surface area contributed by atoms with Gasteiger partial charge in [-0.15, -0.1) is 11.6 Å². The summed E-state index contributed by atoms with van der Waals surface area (Å²) < 4.78 is 5.12. The van der Waals surface area contributed by atoms with E-state index in [4.69, 9.17) is 22.1 Å². The molecule has 0 amide bonds. The molecule has 1 aliphatic heterocycles. The molecule has 0 aromatic heterocycles. The van der Waals surface area contributed by atoms with Gasteiger partial charge in [0.15, 0.2) is 0 Å². The summed E-state index contributed by atoms with van der Waals surface area (Å²) in [5.41, 5.74) is 5.72. The van der Waals surface area contributed by atoms with Crippen LogP contribution < -0.4 is 11.1 Å². The Morgan fingerprint density at radius 2 is 2.40 bits per heavy atom. The van der Waals surface area contributed by atoms with E-state index in [9.17, 15) is 0 Å². The first-order valence-corrected chi connectivity index (χ1v) is 3.83. The van der Waals surface area contributed by atoms with E-state index in [2.05, 4.69) is 5.32 Å². The Morgan fingerprint density at radius 1 is 1.70 bits per heavy atom. The number of nitrogens with one attached hydrogen (secondary N) is 1. The third-order valence-electron chi connectivity index (χ3n) is 1.79. The highest BCUT2D eigenvalue weighted by atomic mass is 35.5. The summed E-state index contributed by atoms with van der Waals surface area (Å²) in [6.45, 7) is 0.743. The predicted octanol–water partition coefficient (Wildman–Crippen LogP) is -0.113. The third-order valence-corrected chi connectivity index (χ3v) is 2.13. The molecule has 1 rings (SSSR count). The molecule has 0 spiro atoms. The number of hydrogen-bond donors (Lipinski definition) is 2. The third kappa shape index (κ3) is 1.83. The van der Waals surface area contributed by atoms with Crippen LogP contribution in [0.25, 0.3) is 0 Å². The average molecular weight is 165 g/mol. The summed E-state index contributed by atoms with van der Waals surface area (Å²) in [4.78, 5) is 0. The van der Waals surface area contributed by atoms with Gasteiger partial charge in [-0.2, -0.15) is 0 Å². The van der Waals surface area contributed by atoms with E-state index in [0.29, 0.717) is 0 Å². The van der Waals surface area contributed by atoms with Crippen LogP contribution in [0.2, 0.25) is 0 Å². The molecule has 0 bridgehead atoms. The molecule has 1 saturated heterocycles. The van der Waals surface area contributed by atoms with Crippen LogP contribution >= 0.6 is 11.6 Å². The molecule has 0 aliphatic carbocycles. The maximum Gasteiger partial charge on any atom is 0.0851 e. The van der Waals surface area contributed by atoms with Gasteiger partial charge in [-0.25, -0.2) is 0 Å². The molecule has 1 aliphatic rings. The second-order valence-electron chi connectivity index (χ2n) is 2.55. The Balaban J connectivity index is 2.38. The van der Waals surface area contributed by atoms with Crippen LogP contribution in [0, 0.1) is 0 Å². The SMILES string of the molecule is COC1CC(Cl)NCC1N. The van der Waals surface area contributed by atoms with Crippen LogP contribution in [0.1, 0.15) is 6.42 Å². The minimum Gasteiger partial charge on any atom is -0.380 e. The summed E-state index contributed by atoms with van der Waals surface area (Å²) in [5.74, 6) is 0. The Bertz CT molecular complexity index is 112. The molecule has 3 unspecified atom stereocenters. The standard InChI is InChI=1S/C6H13ClN2O/c1-10-5-2-6(7)9-3-4(5)8/h4-6,9H,2-3,8H2,1H3. The molecule has 0 aromatic rings. The first-order valence-electron chi connectivity index (χ1n) is 3.40. The number of halogens is 1. The number of hydrogen-bond acceptors (Lipinski definition) is 3. The molecular formula is C6H13ClN2O. The van der Waals surface area contributed by atoms with Gasteiger partial charge in [-0.3, -0.25) is 5.32 Å². The van der Waals surface area contributed by atoms with Gasteiger partial charge in [-0.05, 0) is 0 Å². The van der Waals surface area contributed by atoms with Crippen molar-refractivity contribution in [2.24, 2.45) is 5.73 Å². The van der Waals surface area contributed by atoms with Crippen molar-refractivity contribution in [3.05, 3.63) is 0 Å². The fourth-order valence-corrected chi connectivity index (χ4v) is 1.39. The first kappa shape index (κ1) is 8.27. The largest absolute Gasteiger partial charge is 0.380 e. The number of ether oxygens (including phenoxy) is 1. The molecule has 3 N–H and O–H groups in total. The predicted molar refractivity (Wildman–Crippen MR) is 41.0 cm³/mol. The van der Waals surface area contributed by atoms with Gasteiger partial charge in [-0.1, -0.05) is 0 Å². The number of methoxy groups -OCH3 is 1. The minimum atomic E-state index is 0.0183. The number of rotatable bonds is 1. The summed E-state index contributed by atoms with van der Waals surface area (Å²) in [7, 11) is 1.67. The molecular weight excluding hydrogens is 152 g/mol.